The third-order valence-corrected chi connectivity index (χ3v) is 5.45. The second-order valence-electron chi connectivity index (χ2n) is 8.52. The Bertz CT molecular complexity index is 1140. The molecule has 0 aliphatic rings. The number of aryl methyl sites for hydroxylation is 1. The van der Waals surface area contributed by atoms with E-state index in [0.717, 1.165) is 38.3 Å². The van der Waals surface area contributed by atoms with E-state index in [0.29, 0.717) is 0 Å². The molecule has 38 heavy (non-hydrogen) atoms. The number of pyridine rings is 1. The lowest BCUT2D eigenvalue weighted by Gasteiger charge is -2.23. The van der Waals surface area contributed by atoms with Gasteiger partial charge < -0.3 is 29.7 Å². The van der Waals surface area contributed by atoms with Gasteiger partial charge in [-0.2, -0.15) is 0 Å². The third kappa shape index (κ3) is 10.4. The Morgan fingerprint density at radius 2 is 1.68 bits per heavy atom. The van der Waals surface area contributed by atoms with Crippen molar-refractivity contribution in [2.45, 2.75) is 44.5 Å². The van der Waals surface area contributed by atoms with Crippen molar-refractivity contribution >= 4 is 17.9 Å². The minimum absolute atomic E-state index is 0.850. The van der Waals surface area contributed by atoms with Gasteiger partial charge in [0.25, 0.3) is 0 Å². The van der Waals surface area contributed by atoms with Gasteiger partial charge in [0.2, 0.25) is 0 Å². The second-order valence-corrected chi connectivity index (χ2v) is 8.52. The van der Waals surface area contributed by atoms with Crippen molar-refractivity contribution < 1.29 is 39.5 Å². The number of hydrogen-bond acceptors (Lipinski definition) is 8. The SMILES string of the molecule is COc1ccccc1CN(CCCn1ccnc1)Cc1cccnc1.O=C(O)CC(O)(CC(=O)O)C(=O)O. The first-order valence-electron chi connectivity index (χ1n) is 11.7. The zero-order valence-electron chi connectivity index (χ0n) is 21.0. The summed E-state index contributed by atoms with van der Waals surface area (Å²) in [5.74, 6) is -4.08. The van der Waals surface area contributed by atoms with E-state index in [1.165, 1.54) is 11.1 Å². The highest BCUT2D eigenvalue weighted by Gasteiger charge is 2.40. The molecular weight excluding hydrogens is 496 g/mol. The molecule has 0 unspecified atom stereocenters. The van der Waals surface area contributed by atoms with E-state index in [9.17, 15) is 14.4 Å². The number of para-hydroxylation sites is 1. The van der Waals surface area contributed by atoms with Crippen LogP contribution in [0.2, 0.25) is 0 Å². The van der Waals surface area contributed by atoms with Crippen molar-refractivity contribution in [3.63, 3.8) is 0 Å². The number of aromatic nitrogens is 3. The highest BCUT2D eigenvalue weighted by molar-refractivity contribution is 5.88. The third-order valence-electron chi connectivity index (χ3n) is 5.45. The zero-order valence-corrected chi connectivity index (χ0v) is 21.0. The summed E-state index contributed by atoms with van der Waals surface area (Å²) in [4.78, 5) is 41.3. The lowest BCUT2D eigenvalue weighted by atomic mass is 9.96. The number of rotatable bonds is 14. The number of hydrogen-bond donors (Lipinski definition) is 4. The molecule has 0 aliphatic heterocycles. The quantitative estimate of drug-likeness (QED) is 0.241. The summed E-state index contributed by atoms with van der Waals surface area (Å²) in [6.45, 7) is 3.68. The summed E-state index contributed by atoms with van der Waals surface area (Å²) in [7, 11) is 1.73. The number of imidazole rings is 1. The van der Waals surface area contributed by atoms with Crippen molar-refractivity contribution in [2.24, 2.45) is 0 Å². The van der Waals surface area contributed by atoms with Gasteiger partial charge in [-0.1, -0.05) is 24.3 Å². The van der Waals surface area contributed by atoms with Crippen molar-refractivity contribution in [2.75, 3.05) is 13.7 Å². The summed E-state index contributed by atoms with van der Waals surface area (Å²) < 4.78 is 7.62. The molecule has 2 heterocycles. The molecule has 0 spiro atoms. The molecule has 12 nitrogen and oxygen atoms in total. The fraction of sp³-hybridized carbons (Fsp3) is 0.346. The summed E-state index contributed by atoms with van der Waals surface area (Å²) in [5, 5.41) is 33.8. The molecule has 0 bridgehead atoms. The Labute approximate surface area is 219 Å². The van der Waals surface area contributed by atoms with Crippen LogP contribution in [0.15, 0.2) is 67.5 Å². The van der Waals surface area contributed by atoms with E-state index in [4.69, 9.17) is 25.2 Å². The maximum Gasteiger partial charge on any atom is 0.336 e. The van der Waals surface area contributed by atoms with Crippen molar-refractivity contribution in [3.8, 4) is 5.75 Å². The maximum absolute atomic E-state index is 10.3. The van der Waals surface area contributed by atoms with Gasteiger partial charge in [0.15, 0.2) is 5.60 Å². The number of benzene rings is 1. The molecule has 0 amide bonds. The van der Waals surface area contributed by atoms with Gasteiger partial charge >= 0.3 is 17.9 Å². The summed E-state index contributed by atoms with van der Waals surface area (Å²) in [6, 6.07) is 12.3. The van der Waals surface area contributed by atoms with Gasteiger partial charge in [-0.05, 0) is 24.1 Å². The Balaban J connectivity index is 0.000000332. The van der Waals surface area contributed by atoms with E-state index in [1.807, 2.05) is 49.3 Å². The number of nitrogens with zero attached hydrogens (tertiary/aromatic N) is 4. The minimum atomic E-state index is -2.74. The number of aliphatic carboxylic acids is 3. The van der Waals surface area contributed by atoms with Crippen LogP contribution in [-0.4, -0.2) is 77.0 Å². The fourth-order valence-electron chi connectivity index (χ4n) is 3.65. The van der Waals surface area contributed by atoms with Crippen LogP contribution in [0.3, 0.4) is 0 Å². The molecule has 3 aromatic rings. The Kier molecular flexibility index (Phi) is 11.9. The van der Waals surface area contributed by atoms with Gasteiger partial charge in [-0.15, -0.1) is 0 Å². The van der Waals surface area contributed by atoms with Crippen LogP contribution in [0.25, 0.3) is 0 Å². The predicted octanol–water partition coefficient (Wildman–Crippen LogP) is 2.13. The van der Waals surface area contributed by atoms with Crippen LogP contribution in [0, 0.1) is 0 Å². The maximum atomic E-state index is 10.3. The molecule has 0 atom stereocenters. The van der Waals surface area contributed by atoms with E-state index in [2.05, 4.69) is 37.6 Å². The van der Waals surface area contributed by atoms with Crippen LogP contribution in [0.4, 0.5) is 0 Å². The predicted molar refractivity (Wildman–Crippen MR) is 135 cm³/mol. The van der Waals surface area contributed by atoms with Crippen molar-refractivity contribution in [1.82, 2.24) is 19.4 Å². The molecule has 0 fully saturated rings. The average molecular weight is 529 g/mol. The average Bonchev–Trinajstić information content (AvgIpc) is 3.38. The lowest BCUT2D eigenvalue weighted by Crippen LogP contribution is -2.42. The van der Waals surface area contributed by atoms with Crippen LogP contribution >= 0.6 is 0 Å². The molecule has 4 N–H and O–H groups in total. The highest BCUT2D eigenvalue weighted by Crippen LogP contribution is 2.20. The number of methoxy groups -OCH3 is 1. The monoisotopic (exact) mass is 528 g/mol. The molecule has 204 valence electrons. The smallest absolute Gasteiger partial charge is 0.336 e. The Morgan fingerprint density at radius 3 is 2.24 bits per heavy atom. The van der Waals surface area contributed by atoms with Gasteiger partial charge in [0.1, 0.15) is 5.75 Å². The standard InChI is InChI=1S/C20H24N4O.C6H8O7/c1-25-20-8-3-2-7-19(20)16-24(15-18-6-4-9-21-14-18)12-5-11-23-13-10-22-17-23;7-3(8)1-6(13,5(11)12)2-4(9)10/h2-4,6-10,13-14,17H,5,11-12,15-16H2,1H3;13H,1-2H2,(H,7,8)(H,9,10)(H,11,12). The summed E-state index contributed by atoms with van der Waals surface area (Å²) in [6.07, 6.45) is 8.22. The van der Waals surface area contributed by atoms with Crippen LogP contribution in [0.5, 0.6) is 5.75 Å². The first-order valence-corrected chi connectivity index (χ1v) is 11.7. The van der Waals surface area contributed by atoms with Crippen molar-refractivity contribution in [3.05, 3.63) is 78.6 Å². The van der Waals surface area contributed by atoms with Crippen molar-refractivity contribution in [1.29, 1.82) is 0 Å². The largest absolute Gasteiger partial charge is 0.496 e. The molecule has 1 aromatic carbocycles. The number of aliphatic hydroxyl groups is 1. The van der Waals surface area contributed by atoms with Crippen LogP contribution in [-0.2, 0) is 34.0 Å². The molecule has 3 rings (SSSR count). The first-order chi connectivity index (χ1) is 18.1. The van der Waals surface area contributed by atoms with Gasteiger partial charge in [0.05, 0.1) is 26.3 Å². The molecule has 12 heteroatoms. The number of ether oxygens (including phenoxy) is 1. The Morgan fingerprint density at radius 1 is 0.974 bits per heavy atom. The first kappa shape index (κ1) is 29.9. The molecule has 0 aliphatic carbocycles. The topological polar surface area (TPSA) is 175 Å². The van der Waals surface area contributed by atoms with E-state index < -0.39 is 36.4 Å². The number of carbonyl (C=O) groups is 3. The van der Waals surface area contributed by atoms with Gasteiger partial charge in [-0.25, -0.2) is 9.78 Å². The zero-order chi connectivity index (χ0) is 28.0. The van der Waals surface area contributed by atoms with Crippen LogP contribution < -0.4 is 4.74 Å². The highest BCUT2D eigenvalue weighted by atomic mass is 16.5. The number of carboxylic acids is 3. The van der Waals surface area contributed by atoms with E-state index in [1.54, 1.807) is 7.11 Å². The van der Waals surface area contributed by atoms with Gasteiger partial charge in [-0.3, -0.25) is 19.5 Å². The fourth-order valence-corrected chi connectivity index (χ4v) is 3.65. The molecule has 0 saturated heterocycles. The summed E-state index contributed by atoms with van der Waals surface area (Å²) in [5.41, 5.74) is -0.311. The van der Waals surface area contributed by atoms with Crippen LogP contribution in [0.1, 0.15) is 30.4 Å². The molecule has 0 saturated carbocycles. The van der Waals surface area contributed by atoms with E-state index >= 15 is 0 Å². The molecule has 2 aromatic heterocycles. The Hall–Kier alpha value is -4.29. The normalized spacial score (nSPS) is 10.9. The van der Waals surface area contributed by atoms with Gasteiger partial charge in [0, 0.05) is 56.5 Å². The summed E-state index contributed by atoms with van der Waals surface area (Å²) >= 11 is 0. The van der Waals surface area contributed by atoms with E-state index in [-0.39, 0.29) is 0 Å². The minimum Gasteiger partial charge on any atom is -0.496 e. The molecular formula is C26H32N4O8. The lowest BCUT2D eigenvalue weighted by molar-refractivity contribution is -0.170. The second kappa shape index (κ2) is 15.1. The number of carboxylic acid groups (broad SMARTS) is 3. The molecule has 0 radical (unpaired) electrons.